The van der Waals surface area contributed by atoms with Crippen LogP contribution in [0.3, 0.4) is 0 Å². The van der Waals surface area contributed by atoms with Gasteiger partial charge in [-0.2, -0.15) is 0 Å². The molecule has 8 nitrogen and oxygen atoms in total. The zero-order valence-electron chi connectivity index (χ0n) is 29.1. The molecule has 3 aliphatic carbocycles. The van der Waals surface area contributed by atoms with Gasteiger partial charge in [0.1, 0.15) is 10.5 Å². The summed E-state index contributed by atoms with van der Waals surface area (Å²) < 4.78 is 23.6. The van der Waals surface area contributed by atoms with Crippen molar-refractivity contribution in [1.29, 1.82) is 0 Å². The highest BCUT2D eigenvalue weighted by Gasteiger charge is 2.45. The van der Waals surface area contributed by atoms with Crippen LogP contribution < -0.4 is 4.90 Å². The number of thiophene rings is 1. The number of rotatable bonds is 9. The molecule has 0 unspecified atom stereocenters. The molecule has 9 heteroatoms. The van der Waals surface area contributed by atoms with Crippen LogP contribution in [0.1, 0.15) is 133 Å². The molecular formula is C37H57NO7S. The number of amides is 1. The number of methoxy groups -OCH3 is 1. The summed E-state index contributed by atoms with van der Waals surface area (Å²) in [7, 11) is 1.41. The highest BCUT2D eigenvalue weighted by Crippen LogP contribution is 2.44. The SMILES string of the molecule is COC(=O)c1sc(C(C)(C)C)cc1N(C(=O)C1CCC(C)CC1)C1CCC(CO[C@H]2CCOC2)(OC(=O)C2CCC(C)CC2)CC1. The number of esters is 2. The standard InChI is InChI=1S/C37H57NO7S/c1-24-7-11-26(12-8-24)33(39)38(30-21-31(36(3,4)5)46-32(30)35(41)42-6)28-15-18-37(19-16-28,23-44-29-17-20-43-22-29)45-34(40)27-13-9-25(2)10-14-27/h21,24-29H,7-20,22-23H2,1-6H3/t24?,25?,26?,27?,28?,29-,37?/m0/s1. The Balaban J connectivity index is 1.41. The zero-order chi connectivity index (χ0) is 33.1. The van der Waals surface area contributed by atoms with Crippen LogP contribution in [-0.4, -0.2) is 62.5 Å². The van der Waals surface area contributed by atoms with Crippen LogP contribution in [0.2, 0.25) is 0 Å². The van der Waals surface area contributed by atoms with Gasteiger partial charge in [-0.3, -0.25) is 9.59 Å². The molecule has 1 aliphatic heterocycles. The molecule has 1 aromatic rings. The van der Waals surface area contributed by atoms with Crippen molar-refractivity contribution in [3.05, 3.63) is 15.8 Å². The summed E-state index contributed by atoms with van der Waals surface area (Å²) in [6.07, 6.45) is 11.1. The minimum atomic E-state index is -0.732. The van der Waals surface area contributed by atoms with E-state index in [2.05, 4.69) is 40.7 Å². The van der Waals surface area contributed by atoms with Crippen LogP contribution in [0.4, 0.5) is 5.69 Å². The largest absolute Gasteiger partial charge is 0.465 e. The Hall–Kier alpha value is -1.97. The number of nitrogens with zero attached hydrogens (tertiary/aromatic N) is 1. The van der Waals surface area contributed by atoms with Gasteiger partial charge in [0.25, 0.3) is 0 Å². The summed E-state index contributed by atoms with van der Waals surface area (Å²) in [5.41, 5.74) is -0.241. The van der Waals surface area contributed by atoms with Gasteiger partial charge < -0.3 is 23.8 Å². The Bertz CT molecular complexity index is 1190. The summed E-state index contributed by atoms with van der Waals surface area (Å²) in [5.74, 6) is 0.765. The molecule has 1 amide bonds. The second-order valence-corrected chi connectivity index (χ2v) is 16.9. The van der Waals surface area contributed by atoms with Crippen LogP contribution in [0, 0.1) is 23.7 Å². The summed E-state index contributed by atoms with van der Waals surface area (Å²) in [6, 6.07) is 1.94. The summed E-state index contributed by atoms with van der Waals surface area (Å²) >= 11 is 1.43. The third kappa shape index (κ3) is 8.35. The van der Waals surface area contributed by atoms with Gasteiger partial charge in [-0.15, -0.1) is 11.3 Å². The summed E-state index contributed by atoms with van der Waals surface area (Å²) in [5, 5.41) is 0. The van der Waals surface area contributed by atoms with E-state index in [0.29, 0.717) is 67.9 Å². The van der Waals surface area contributed by atoms with Crippen molar-refractivity contribution < 1.29 is 33.3 Å². The van der Waals surface area contributed by atoms with Crippen molar-refractivity contribution in [2.45, 2.75) is 141 Å². The van der Waals surface area contributed by atoms with Crippen molar-refractivity contribution in [1.82, 2.24) is 0 Å². The molecule has 1 aromatic heterocycles. The third-order valence-corrected chi connectivity index (χ3v) is 12.6. The van der Waals surface area contributed by atoms with Crippen LogP contribution in [0.25, 0.3) is 0 Å². The maximum atomic E-state index is 14.6. The second kappa shape index (κ2) is 15.1. The van der Waals surface area contributed by atoms with Gasteiger partial charge in [-0.05, 0) is 107 Å². The Kier molecular flexibility index (Phi) is 11.6. The van der Waals surface area contributed by atoms with Gasteiger partial charge in [0, 0.05) is 23.4 Å². The molecule has 0 radical (unpaired) electrons. The monoisotopic (exact) mass is 659 g/mol. The first kappa shape index (κ1) is 35.3. The summed E-state index contributed by atoms with van der Waals surface area (Å²) in [4.78, 5) is 44.8. The minimum Gasteiger partial charge on any atom is -0.465 e. The lowest BCUT2D eigenvalue weighted by Gasteiger charge is -2.44. The average Bonchev–Trinajstić information content (AvgIpc) is 3.72. The number of hydrogen-bond donors (Lipinski definition) is 0. The molecule has 1 saturated heterocycles. The first-order valence-corrected chi connectivity index (χ1v) is 18.7. The molecule has 2 heterocycles. The molecule has 0 bridgehead atoms. The van der Waals surface area contributed by atoms with Crippen molar-refractivity contribution in [3.8, 4) is 0 Å². The number of hydrogen-bond acceptors (Lipinski definition) is 8. The molecule has 4 aliphatic rings. The van der Waals surface area contributed by atoms with Crippen LogP contribution >= 0.6 is 11.3 Å². The molecule has 0 aromatic carbocycles. The maximum Gasteiger partial charge on any atom is 0.350 e. The predicted octanol–water partition coefficient (Wildman–Crippen LogP) is 7.85. The molecule has 1 atom stereocenters. The highest BCUT2D eigenvalue weighted by molar-refractivity contribution is 7.14. The number of ether oxygens (including phenoxy) is 4. The topological polar surface area (TPSA) is 91.4 Å². The molecule has 5 rings (SSSR count). The lowest BCUT2D eigenvalue weighted by Crippen LogP contribution is -2.52. The smallest absolute Gasteiger partial charge is 0.350 e. The molecule has 0 N–H and O–H groups in total. The molecular weight excluding hydrogens is 602 g/mol. The maximum absolute atomic E-state index is 14.6. The molecule has 46 heavy (non-hydrogen) atoms. The minimum absolute atomic E-state index is 0.0137. The van der Waals surface area contributed by atoms with Crippen molar-refractivity contribution >= 4 is 34.9 Å². The van der Waals surface area contributed by atoms with E-state index in [-0.39, 0.29) is 41.3 Å². The third-order valence-electron chi connectivity index (χ3n) is 11.1. The van der Waals surface area contributed by atoms with E-state index in [1.54, 1.807) is 0 Å². The lowest BCUT2D eigenvalue weighted by atomic mass is 9.79. The van der Waals surface area contributed by atoms with Crippen molar-refractivity contribution in [2.75, 3.05) is 31.8 Å². The van der Waals surface area contributed by atoms with Crippen LogP contribution in [0.15, 0.2) is 6.07 Å². The first-order chi connectivity index (χ1) is 21.9. The van der Waals surface area contributed by atoms with E-state index in [0.717, 1.165) is 62.7 Å². The van der Waals surface area contributed by atoms with Crippen molar-refractivity contribution in [2.24, 2.45) is 23.7 Å². The van der Waals surface area contributed by atoms with Crippen LogP contribution in [0.5, 0.6) is 0 Å². The molecule has 4 fully saturated rings. The Morgan fingerprint density at radius 3 is 2.07 bits per heavy atom. The second-order valence-electron chi connectivity index (χ2n) is 15.8. The normalized spacial score (nSPS) is 32.1. The Morgan fingerprint density at radius 2 is 1.52 bits per heavy atom. The van der Waals surface area contributed by atoms with Gasteiger partial charge in [-0.1, -0.05) is 34.6 Å². The van der Waals surface area contributed by atoms with E-state index in [1.165, 1.54) is 18.4 Å². The van der Waals surface area contributed by atoms with E-state index >= 15 is 0 Å². The van der Waals surface area contributed by atoms with E-state index < -0.39 is 11.6 Å². The first-order valence-electron chi connectivity index (χ1n) is 17.9. The van der Waals surface area contributed by atoms with Gasteiger partial charge in [0.2, 0.25) is 5.91 Å². The molecule has 0 spiro atoms. The number of carbonyl (C=O) groups excluding carboxylic acids is 3. The zero-order valence-corrected chi connectivity index (χ0v) is 29.9. The quantitative estimate of drug-likeness (QED) is 0.249. The lowest BCUT2D eigenvalue weighted by molar-refractivity contribution is -0.181. The molecule has 3 saturated carbocycles. The fourth-order valence-corrected chi connectivity index (χ4v) is 8.86. The predicted molar refractivity (Wildman–Crippen MR) is 180 cm³/mol. The highest BCUT2D eigenvalue weighted by atomic mass is 32.1. The Labute approximate surface area is 280 Å². The van der Waals surface area contributed by atoms with E-state index in [1.807, 2.05) is 4.90 Å². The van der Waals surface area contributed by atoms with E-state index in [9.17, 15) is 14.4 Å². The Morgan fingerprint density at radius 1 is 0.913 bits per heavy atom. The average molecular weight is 660 g/mol. The fourth-order valence-electron chi connectivity index (χ4n) is 7.74. The fraction of sp³-hybridized carbons (Fsp3) is 0.811. The number of anilines is 1. The van der Waals surface area contributed by atoms with Gasteiger partial charge in [0.15, 0.2) is 0 Å². The van der Waals surface area contributed by atoms with Crippen LogP contribution in [-0.2, 0) is 34.0 Å². The van der Waals surface area contributed by atoms with Gasteiger partial charge in [0.05, 0.1) is 38.0 Å². The van der Waals surface area contributed by atoms with Gasteiger partial charge in [-0.25, -0.2) is 4.79 Å². The summed E-state index contributed by atoms with van der Waals surface area (Å²) in [6.45, 7) is 12.5. The number of carbonyl (C=O) groups is 3. The van der Waals surface area contributed by atoms with Crippen molar-refractivity contribution in [3.63, 3.8) is 0 Å². The van der Waals surface area contributed by atoms with Gasteiger partial charge >= 0.3 is 11.9 Å². The molecule has 258 valence electrons. The van der Waals surface area contributed by atoms with E-state index in [4.69, 9.17) is 18.9 Å².